The van der Waals surface area contributed by atoms with Crippen LogP contribution in [0.5, 0.6) is 5.75 Å². The molecule has 0 aliphatic carbocycles. The van der Waals surface area contributed by atoms with Crippen LogP contribution in [0.4, 0.5) is 0 Å². The second-order valence-corrected chi connectivity index (χ2v) is 8.32. The molecule has 0 saturated heterocycles. The van der Waals surface area contributed by atoms with Gasteiger partial charge < -0.3 is 9.84 Å². The molecule has 0 saturated carbocycles. The van der Waals surface area contributed by atoms with Crippen LogP contribution in [-0.2, 0) is 6.54 Å². The van der Waals surface area contributed by atoms with Crippen molar-refractivity contribution in [3.8, 4) is 5.75 Å². The summed E-state index contributed by atoms with van der Waals surface area (Å²) in [6, 6.07) is 13.3. The van der Waals surface area contributed by atoms with E-state index in [1.54, 1.807) is 16.7 Å². The summed E-state index contributed by atoms with van der Waals surface area (Å²) in [6.07, 6.45) is 0.966. The number of benzene rings is 2. The summed E-state index contributed by atoms with van der Waals surface area (Å²) < 4.78 is 9.26. The first-order chi connectivity index (χ1) is 15.0. The Kier molecular flexibility index (Phi) is 6.11. The maximum absolute atomic E-state index is 12.9. The molecule has 31 heavy (non-hydrogen) atoms. The number of para-hydroxylation sites is 2. The molecule has 1 atom stereocenters. The van der Waals surface area contributed by atoms with Gasteiger partial charge in [0, 0.05) is 12.3 Å². The third kappa shape index (κ3) is 4.08. The lowest BCUT2D eigenvalue weighted by Gasteiger charge is -2.15. The molecule has 1 N–H and O–H groups in total. The minimum absolute atomic E-state index is 0.131. The van der Waals surface area contributed by atoms with Crippen LogP contribution in [0.2, 0.25) is 0 Å². The number of aliphatic hydroxyl groups excluding tert-OH is 1. The van der Waals surface area contributed by atoms with Gasteiger partial charge in [0.1, 0.15) is 12.4 Å². The van der Waals surface area contributed by atoms with E-state index >= 15 is 0 Å². The van der Waals surface area contributed by atoms with Crippen LogP contribution >= 0.6 is 11.8 Å². The standard InChI is InChI=1S/C23H24N4O3S/c1-4-12-26-21(29)18-10-5-6-11-19(18)27-22(26)24-25-23(27)31-14-17(28)13-30-20-15(2)8-7-9-16(20)3/h4-11,17,28H,1,12-14H2,2-3H3. The summed E-state index contributed by atoms with van der Waals surface area (Å²) in [5, 5.41) is 20.2. The van der Waals surface area contributed by atoms with Gasteiger partial charge in [-0.15, -0.1) is 16.8 Å². The van der Waals surface area contributed by atoms with E-state index in [4.69, 9.17) is 4.74 Å². The predicted molar refractivity (Wildman–Crippen MR) is 123 cm³/mol. The average molecular weight is 437 g/mol. The molecule has 7 nitrogen and oxygen atoms in total. The van der Waals surface area contributed by atoms with Gasteiger partial charge in [-0.1, -0.05) is 48.2 Å². The monoisotopic (exact) mass is 436 g/mol. The van der Waals surface area contributed by atoms with Gasteiger partial charge >= 0.3 is 0 Å². The topological polar surface area (TPSA) is 81.7 Å². The Hall–Kier alpha value is -3.10. The molecule has 0 amide bonds. The first-order valence-electron chi connectivity index (χ1n) is 9.98. The minimum atomic E-state index is -0.693. The number of hydrogen-bond donors (Lipinski definition) is 1. The van der Waals surface area contributed by atoms with Crippen molar-refractivity contribution >= 4 is 28.4 Å². The van der Waals surface area contributed by atoms with Crippen molar-refractivity contribution in [3.05, 3.63) is 76.6 Å². The second-order valence-electron chi connectivity index (χ2n) is 7.34. The highest BCUT2D eigenvalue weighted by Crippen LogP contribution is 2.24. The number of allylic oxidation sites excluding steroid dienone is 1. The fraction of sp³-hybridized carbons (Fsp3) is 0.261. The van der Waals surface area contributed by atoms with Gasteiger partial charge in [0.15, 0.2) is 5.16 Å². The number of aromatic nitrogens is 4. The van der Waals surface area contributed by atoms with E-state index in [0.29, 0.717) is 28.6 Å². The molecular formula is C23H24N4O3S. The summed E-state index contributed by atoms with van der Waals surface area (Å²) in [6.45, 7) is 8.22. The summed E-state index contributed by atoms with van der Waals surface area (Å²) >= 11 is 1.37. The van der Waals surface area contributed by atoms with E-state index in [0.717, 1.165) is 22.4 Å². The van der Waals surface area contributed by atoms with Gasteiger partial charge in [-0.05, 0) is 37.1 Å². The van der Waals surface area contributed by atoms with Crippen molar-refractivity contribution in [1.82, 2.24) is 19.2 Å². The van der Waals surface area contributed by atoms with Crippen molar-refractivity contribution < 1.29 is 9.84 Å². The summed E-state index contributed by atoms with van der Waals surface area (Å²) in [5.74, 6) is 1.63. The molecule has 4 rings (SSSR count). The Bertz CT molecular complexity index is 1290. The second kappa shape index (κ2) is 8.95. The van der Waals surface area contributed by atoms with Gasteiger partial charge in [0.2, 0.25) is 5.78 Å². The Morgan fingerprint density at radius 2 is 1.90 bits per heavy atom. The molecule has 8 heteroatoms. The maximum atomic E-state index is 12.9. The lowest BCUT2D eigenvalue weighted by molar-refractivity contribution is 0.125. The molecule has 0 spiro atoms. The normalized spacial score (nSPS) is 12.4. The zero-order valence-electron chi connectivity index (χ0n) is 17.5. The molecular weight excluding hydrogens is 412 g/mol. The number of fused-ring (bicyclic) bond motifs is 3. The predicted octanol–water partition coefficient (Wildman–Crippen LogP) is 3.38. The lowest BCUT2D eigenvalue weighted by Crippen LogP contribution is -2.23. The average Bonchev–Trinajstić information content (AvgIpc) is 3.19. The molecule has 0 fully saturated rings. The zero-order valence-corrected chi connectivity index (χ0v) is 18.3. The van der Waals surface area contributed by atoms with Gasteiger partial charge in [-0.2, -0.15) is 0 Å². The van der Waals surface area contributed by atoms with Crippen LogP contribution in [0, 0.1) is 13.8 Å². The first-order valence-corrected chi connectivity index (χ1v) is 11.0. The van der Waals surface area contributed by atoms with Crippen molar-refractivity contribution in [2.45, 2.75) is 31.7 Å². The summed E-state index contributed by atoms with van der Waals surface area (Å²) in [7, 11) is 0. The van der Waals surface area contributed by atoms with Crippen LogP contribution in [-0.4, -0.2) is 42.7 Å². The third-order valence-corrected chi connectivity index (χ3v) is 6.10. The molecule has 2 aromatic heterocycles. The summed E-state index contributed by atoms with van der Waals surface area (Å²) in [4.78, 5) is 12.9. The Morgan fingerprint density at radius 3 is 2.65 bits per heavy atom. The van der Waals surface area contributed by atoms with E-state index in [9.17, 15) is 9.90 Å². The summed E-state index contributed by atoms with van der Waals surface area (Å²) in [5.41, 5.74) is 2.68. The van der Waals surface area contributed by atoms with Crippen molar-refractivity contribution in [2.24, 2.45) is 0 Å². The molecule has 0 aliphatic heterocycles. The maximum Gasteiger partial charge on any atom is 0.263 e. The van der Waals surface area contributed by atoms with E-state index in [1.807, 2.05) is 54.6 Å². The third-order valence-electron chi connectivity index (χ3n) is 5.02. The van der Waals surface area contributed by atoms with Crippen LogP contribution < -0.4 is 10.3 Å². The fourth-order valence-corrected chi connectivity index (χ4v) is 4.39. The number of thioether (sulfide) groups is 1. The molecule has 0 aliphatic rings. The molecule has 4 aromatic rings. The highest BCUT2D eigenvalue weighted by molar-refractivity contribution is 7.99. The van der Waals surface area contributed by atoms with E-state index in [2.05, 4.69) is 16.8 Å². The van der Waals surface area contributed by atoms with E-state index < -0.39 is 6.10 Å². The Morgan fingerprint density at radius 1 is 1.16 bits per heavy atom. The number of aliphatic hydroxyl groups is 1. The minimum Gasteiger partial charge on any atom is -0.490 e. The number of ether oxygens (including phenoxy) is 1. The van der Waals surface area contributed by atoms with E-state index in [1.165, 1.54) is 11.8 Å². The highest BCUT2D eigenvalue weighted by atomic mass is 32.2. The number of nitrogens with zero attached hydrogens (tertiary/aromatic N) is 4. The van der Waals surface area contributed by atoms with Crippen LogP contribution in [0.25, 0.3) is 16.7 Å². The smallest absolute Gasteiger partial charge is 0.263 e. The van der Waals surface area contributed by atoms with Gasteiger partial charge in [0.05, 0.1) is 17.0 Å². The van der Waals surface area contributed by atoms with E-state index in [-0.39, 0.29) is 12.2 Å². The Balaban J connectivity index is 1.58. The molecule has 0 radical (unpaired) electrons. The first kappa shape index (κ1) is 21.1. The van der Waals surface area contributed by atoms with Gasteiger partial charge in [-0.25, -0.2) is 0 Å². The number of hydrogen-bond acceptors (Lipinski definition) is 6. The highest BCUT2D eigenvalue weighted by Gasteiger charge is 2.17. The van der Waals surface area contributed by atoms with Crippen molar-refractivity contribution in [3.63, 3.8) is 0 Å². The van der Waals surface area contributed by atoms with Crippen LogP contribution in [0.3, 0.4) is 0 Å². The van der Waals surface area contributed by atoms with Gasteiger partial charge in [0.25, 0.3) is 5.56 Å². The largest absolute Gasteiger partial charge is 0.490 e. The molecule has 0 bridgehead atoms. The zero-order chi connectivity index (χ0) is 22.0. The Labute approximate surface area is 184 Å². The molecule has 1 unspecified atom stereocenters. The molecule has 2 aromatic carbocycles. The molecule has 160 valence electrons. The van der Waals surface area contributed by atoms with Crippen molar-refractivity contribution in [1.29, 1.82) is 0 Å². The van der Waals surface area contributed by atoms with Crippen molar-refractivity contribution in [2.75, 3.05) is 12.4 Å². The fourth-order valence-electron chi connectivity index (χ4n) is 3.55. The molecule has 2 heterocycles. The van der Waals surface area contributed by atoms with Crippen LogP contribution in [0.1, 0.15) is 11.1 Å². The SMILES string of the molecule is C=CCn1c(=O)c2ccccc2n2c(SCC(O)COc3c(C)cccc3C)nnc12. The van der Waals surface area contributed by atoms with Gasteiger partial charge in [-0.3, -0.25) is 13.8 Å². The lowest BCUT2D eigenvalue weighted by atomic mass is 10.1. The number of rotatable bonds is 8. The quantitative estimate of drug-likeness (QED) is 0.337. The van der Waals surface area contributed by atoms with Crippen LogP contribution in [0.15, 0.2) is 65.1 Å². The number of aryl methyl sites for hydroxylation is 2.